The molecule has 0 aliphatic carbocycles. The van der Waals surface area contributed by atoms with E-state index < -0.39 is 12.1 Å². The van der Waals surface area contributed by atoms with Crippen LogP contribution in [0.4, 0.5) is 0 Å². The molecule has 0 bridgehead atoms. The van der Waals surface area contributed by atoms with Gasteiger partial charge in [0.2, 0.25) is 12.5 Å². The summed E-state index contributed by atoms with van der Waals surface area (Å²) in [7, 11) is 6.78. The fraction of sp³-hybridized carbons (Fsp3) is 0.367. The molecule has 6 rings (SSSR count). The van der Waals surface area contributed by atoms with Crippen LogP contribution in [0.15, 0.2) is 40.9 Å². The summed E-state index contributed by atoms with van der Waals surface area (Å²) in [6.45, 7) is 0.911. The molecule has 3 aliphatic rings. The van der Waals surface area contributed by atoms with Gasteiger partial charge in [0, 0.05) is 39.2 Å². The minimum atomic E-state index is -0.568. The number of fused-ring (bicyclic) bond motifs is 3. The van der Waals surface area contributed by atoms with Crippen LogP contribution >= 0.6 is 27.7 Å². The van der Waals surface area contributed by atoms with Gasteiger partial charge in [-0.05, 0) is 36.7 Å². The average Bonchev–Trinajstić information content (AvgIpc) is 3.58. The highest BCUT2D eigenvalue weighted by molar-refractivity contribution is 9.10. The number of hydrogen-bond donors (Lipinski definition) is 0. The lowest BCUT2D eigenvalue weighted by Gasteiger charge is -2.39. The molecule has 2 atom stereocenters. The Morgan fingerprint density at radius 3 is 2.52 bits per heavy atom. The van der Waals surface area contributed by atoms with Gasteiger partial charge in [-0.25, -0.2) is 4.79 Å². The van der Waals surface area contributed by atoms with Gasteiger partial charge in [-0.15, -0.1) is 0 Å². The molecule has 8 nitrogen and oxygen atoms in total. The monoisotopic (exact) mass is 627 g/mol. The first kappa shape index (κ1) is 27.1. The number of likely N-dealkylation sites (N-methyl/N-ethyl adjacent to an activating group) is 1. The van der Waals surface area contributed by atoms with E-state index in [1.165, 1.54) is 12.7 Å². The molecule has 210 valence electrons. The molecule has 0 N–H and O–H groups in total. The molecule has 40 heavy (non-hydrogen) atoms. The lowest BCUT2D eigenvalue weighted by atomic mass is 9.83. The third-order valence-corrected chi connectivity index (χ3v) is 9.57. The number of methoxy groups -OCH3 is 3. The number of halogens is 1. The topological polar surface area (TPSA) is 75.7 Å². The first-order valence-corrected chi connectivity index (χ1v) is 14.9. The van der Waals surface area contributed by atoms with E-state index in [-0.39, 0.29) is 12.8 Å². The summed E-state index contributed by atoms with van der Waals surface area (Å²) in [5.41, 5.74) is 5.63. The van der Waals surface area contributed by atoms with Crippen LogP contribution in [0.1, 0.15) is 50.3 Å². The van der Waals surface area contributed by atoms with Gasteiger partial charge < -0.3 is 28.4 Å². The Labute approximate surface area is 246 Å². The second-order valence-corrected chi connectivity index (χ2v) is 11.7. The van der Waals surface area contributed by atoms with E-state index in [1.807, 2.05) is 37.0 Å². The van der Waals surface area contributed by atoms with Gasteiger partial charge in [0.1, 0.15) is 11.7 Å². The molecule has 0 aromatic heterocycles. The molecule has 0 spiro atoms. The van der Waals surface area contributed by atoms with Crippen LogP contribution in [0.5, 0.6) is 28.7 Å². The van der Waals surface area contributed by atoms with E-state index in [0.29, 0.717) is 28.6 Å². The third-order valence-electron chi connectivity index (χ3n) is 7.79. The SMILES string of the molecule is COc1ccc2c(c1OC)C(=O)O[C@@H]2[C@H]1c2c(c(CSCc3ccccc3Br)c3c(c2OC)OCO3)CCN1C. The predicted octanol–water partition coefficient (Wildman–Crippen LogP) is 6.08. The van der Waals surface area contributed by atoms with Crippen molar-refractivity contribution in [1.29, 1.82) is 0 Å². The quantitative estimate of drug-likeness (QED) is 0.276. The molecule has 0 saturated heterocycles. The Bertz CT molecular complexity index is 1480. The van der Waals surface area contributed by atoms with E-state index in [4.69, 9.17) is 28.4 Å². The lowest BCUT2D eigenvalue weighted by molar-refractivity contribution is 0.00870. The van der Waals surface area contributed by atoms with Crippen LogP contribution in [-0.4, -0.2) is 52.6 Å². The molecular weight excluding hydrogens is 598 g/mol. The molecular formula is C30H30BrNO7S. The maximum absolute atomic E-state index is 13.2. The number of rotatable bonds is 8. The fourth-order valence-corrected chi connectivity index (χ4v) is 7.65. The minimum Gasteiger partial charge on any atom is -0.493 e. The minimum absolute atomic E-state index is 0.134. The molecule has 0 unspecified atom stereocenters. The number of nitrogens with zero attached hydrogens (tertiary/aromatic N) is 1. The van der Waals surface area contributed by atoms with Crippen molar-refractivity contribution in [2.24, 2.45) is 0 Å². The average molecular weight is 629 g/mol. The molecule has 3 aromatic carbocycles. The van der Waals surface area contributed by atoms with Gasteiger partial charge in [-0.2, -0.15) is 11.8 Å². The largest absolute Gasteiger partial charge is 0.493 e. The van der Waals surface area contributed by atoms with Crippen molar-refractivity contribution in [3.8, 4) is 28.7 Å². The maximum Gasteiger partial charge on any atom is 0.343 e. The van der Waals surface area contributed by atoms with E-state index >= 15 is 0 Å². The van der Waals surface area contributed by atoms with E-state index in [9.17, 15) is 4.79 Å². The highest BCUT2D eigenvalue weighted by Gasteiger charge is 2.47. The highest BCUT2D eigenvalue weighted by Crippen LogP contribution is 2.57. The molecule has 0 fully saturated rings. The van der Waals surface area contributed by atoms with Gasteiger partial charge in [-0.1, -0.05) is 40.2 Å². The van der Waals surface area contributed by atoms with Crippen LogP contribution in [0.2, 0.25) is 0 Å². The zero-order valence-corrected chi connectivity index (χ0v) is 25.1. The first-order chi connectivity index (χ1) is 19.5. The smallest absolute Gasteiger partial charge is 0.343 e. The van der Waals surface area contributed by atoms with Crippen molar-refractivity contribution in [1.82, 2.24) is 4.90 Å². The Morgan fingerprint density at radius 2 is 1.77 bits per heavy atom. The Kier molecular flexibility index (Phi) is 7.50. The molecule has 3 aromatic rings. The summed E-state index contributed by atoms with van der Waals surface area (Å²) in [6.07, 6.45) is 0.237. The van der Waals surface area contributed by atoms with Gasteiger partial charge in [0.15, 0.2) is 23.0 Å². The molecule has 3 heterocycles. The standard InChI is InChI=1S/C30H30BrNO7S/c1-32-12-11-17-19(14-40-13-16-7-5-6-8-20(16)31)26-29(38-15-37-26)28(36-4)22(17)24(32)25-18-9-10-21(34-2)27(35-3)23(18)30(33)39-25/h5-10,24-25H,11-15H2,1-4H3/t24-,25+/m1/s1. The summed E-state index contributed by atoms with van der Waals surface area (Å²) in [6, 6.07) is 11.7. The summed E-state index contributed by atoms with van der Waals surface area (Å²) >= 11 is 5.49. The molecule has 10 heteroatoms. The number of carbonyl (C=O) groups excluding carboxylic acids is 1. The van der Waals surface area contributed by atoms with Crippen molar-refractivity contribution in [2.45, 2.75) is 30.1 Å². The van der Waals surface area contributed by atoms with E-state index in [2.05, 4.69) is 39.0 Å². The number of carbonyl (C=O) groups is 1. The number of cyclic esters (lactones) is 1. The van der Waals surface area contributed by atoms with Crippen LogP contribution in [-0.2, 0) is 22.7 Å². The van der Waals surface area contributed by atoms with Gasteiger partial charge in [0.05, 0.1) is 27.4 Å². The second-order valence-electron chi connectivity index (χ2n) is 9.82. The summed E-state index contributed by atoms with van der Waals surface area (Å²) in [5.74, 6) is 4.00. The van der Waals surface area contributed by atoms with Gasteiger partial charge >= 0.3 is 5.97 Å². The summed E-state index contributed by atoms with van der Waals surface area (Å²) < 4.78 is 36.3. The Balaban J connectivity index is 1.44. The zero-order chi connectivity index (χ0) is 28.0. The fourth-order valence-electron chi connectivity index (χ4n) is 5.95. The molecule has 0 radical (unpaired) electrons. The molecule has 0 saturated carbocycles. The summed E-state index contributed by atoms with van der Waals surface area (Å²) in [4.78, 5) is 15.5. The Hall–Kier alpha value is -3.08. The van der Waals surface area contributed by atoms with Crippen LogP contribution in [0, 0.1) is 0 Å². The van der Waals surface area contributed by atoms with Crippen molar-refractivity contribution >= 4 is 33.7 Å². The Morgan fingerprint density at radius 1 is 1.00 bits per heavy atom. The first-order valence-electron chi connectivity index (χ1n) is 13.0. The third kappa shape index (κ3) is 4.37. The van der Waals surface area contributed by atoms with E-state index in [1.54, 1.807) is 14.2 Å². The van der Waals surface area contributed by atoms with Crippen molar-refractivity contribution in [2.75, 3.05) is 41.7 Å². The number of thioether (sulfide) groups is 1. The van der Waals surface area contributed by atoms with E-state index in [0.717, 1.165) is 56.9 Å². The van der Waals surface area contributed by atoms with Crippen LogP contribution < -0.4 is 23.7 Å². The number of esters is 1. The normalized spacial score (nSPS) is 19.2. The van der Waals surface area contributed by atoms with Crippen LogP contribution in [0.25, 0.3) is 0 Å². The number of hydrogen-bond acceptors (Lipinski definition) is 9. The van der Waals surface area contributed by atoms with Crippen molar-refractivity contribution < 1.29 is 33.2 Å². The van der Waals surface area contributed by atoms with Gasteiger partial charge in [0.25, 0.3) is 0 Å². The van der Waals surface area contributed by atoms with Crippen LogP contribution in [0.3, 0.4) is 0 Å². The predicted molar refractivity (Wildman–Crippen MR) is 155 cm³/mol. The maximum atomic E-state index is 13.2. The highest BCUT2D eigenvalue weighted by atomic mass is 79.9. The van der Waals surface area contributed by atoms with Gasteiger partial charge in [-0.3, -0.25) is 4.90 Å². The second kappa shape index (κ2) is 11.1. The number of ether oxygens (including phenoxy) is 6. The summed E-state index contributed by atoms with van der Waals surface area (Å²) in [5, 5.41) is 0. The van der Waals surface area contributed by atoms with Crippen molar-refractivity contribution in [3.05, 3.63) is 74.3 Å². The molecule has 0 amide bonds. The number of benzene rings is 3. The van der Waals surface area contributed by atoms with Crippen molar-refractivity contribution in [3.63, 3.8) is 0 Å². The molecule has 3 aliphatic heterocycles. The lowest BCUT2D eigenvalue weighted by Crippen LogP contribution is -2.37. The zero-order valence-electron chi connectivity index (χ0n) is 22.7.